The maximum atomic E-state index is 9.88. The van der Waals surface area contributed by atoms with Crippen LogP contribution in [0.15, 0.2) is 36.5 Å². The van der Waals surface area contributed by atoms with Crippen LogP contribution in [0.4, 0.5) is 0 Å². The first kappa shape index (κ1) is 13.4. The first-order valence-corrected chi connectivity index (χ1v) is 6.82. The molecule has 7 nitrogen and oxygen atoms in total. The fraction of sp³-hybridized carbons (Fsp3) is 0.286. The Morgan fingerprint density at radius 2 is 2.10 bits per heavy atom. The number of hydrogen-bond acceptors (Lipinski definition) is 5. The van der Waals surface area contributed by atoms with Gasteiger partial charge in [0.25, 0.3) is 0 Å². The maximum absolute atomic E-state index is 9.88. The van der Waals surface area contributed by atoms with E-state index >= 15 is 0 Å². The lowest BCUT2D eigenvalue weighted by Gasteiger charge is -2.08. The Morgan fingerprint density at radius 3 is 2.76 bits per heavy atom. The second kappa shape index (κ2) is 5.84. The molecule has 0 bridgehead atoms. The van der Waals surface area contributed by atoms with Crippen LogP contribution in [0.2, 0.25) is 0 Å². The number of aromatic nitrogens is 6. The Balaban J connectivity index is 2.03. The standard InChI is InChI=1S/C14H16N6O/c1-2-11(21)9-20-14(12-8-15-19-17-12)16-13(18-20)10-6-4-3-5-7-10/h3-8,11,21H,2,9H2,1H3,(H,15,17,19)/t11-/m1/s1. The zero-order valence-electron chi connectivity index (χ0n) is 11.6. The number of nitrogens with one attached hydrogen (secondary N) is 1. The second-order valence-electron chi connectivity index (χ2n) is 4.72. The smallest absolute Gasteiger partial charge is 0.181 e. The van der Waals surface area contributed by atoms with Gasteiger partial charge in [-0.3, -0.25) is 0 Å². The van der Waals surface area contributed by atoms with Crippen molar-refractivity contribution in [1.29, 1.82) is 0 Å². The molecule has 2 heterocycles. The summed E-state index contributed by atoms with van der Waals surface area (Å²) in [5, 5.41) is 24.8. The normalized spacial score (nSPS) is 12.5. The summed E-state index contributed by atoms with van der Waals surface area (Å²) in [5.74, 6) is 1.20. The van der Waals surface area contributed by atoms with Gasteiger partial charge >= 0.3 is 0 Å². The van der Waals surface area contributed by atoms with Crippen molar-refractivity contribution < 1.29 is 5.11 Å². The predicted octanol–water partition coefficient (Wildman–Crippen LogP) is 1.50. The van der Waals surface area contributed by atoms with E-state index in [1.54, 1.807) is 10.9 Å². The van der Waals surface area contributed by atoms with E-state index in [1.807, 2.05) is 37.3 Å². The summed E-state index contributed by atoms with van der Waals surface area (Å²) < 4.78 is 1.67. The monoisotopic (exact) mass is 284 g/mol. The lowest BCUT2D eigenvalue weighted by molar-refractivity contribution is 0.146. The van der Waals surface area contributed by atoms with Crippen LogP contribution in [-0.2, 0) is 6.54 Å². The molecule has 1 aromatic carbocycles. The van der Waals surface area contributed by atoms with Crippen LogP contribution < -0.4 is 0 Å². The van der Waals surface area contributed by atoms with E-state index in [0.29, 0.717) is 30.3 Å². The number of aliphatic hydroxyl groups is 1. The maximum Gasteiger partial charge on any atom is 0.181 e. The average Bonchev–Trinajstić information content (AvgIpc) is 3.17. The number of aliphatic hydroxyl groups excluding tert-OH is 1. The summed E-state index contributed by atoms with van der Waals surface area (Å²) in [5.41, 5.74) is 1.53. The SMILES string of the molecule is CC[C@@H](O)Cn1nc(-c2ccccc2)nc1-c1cn[nH]n1. The van der Waals surface area contributed by atoms with Crippen LogP contribution >= 0.6 is 0 Å². The largest absolute Gasteiger partial charge is 0.391 e. The van der Waals surface area contributed by atoms with Crippen molar-refractivity contribution >= 4 is 0 Å². The molecule has 0 saturated heterocycles. The molecule has 0 unspecified atom stereocenters. The molecule has 0 amide bonds. The summed E-state index contributed by atoms with van der Waals surface area (Å²) in [7, 11) is 0. The third kappa shape index (κ3) is 2.82. The quantitative estimate of drug-likeness (QED) is 0.740. The Labute approximate surface area is 121 Å². The molecule has 2 N–H and O–H groups in total. The van der Waals surface area contributed by atoms with Crippen molar-refractivity contribution in [3.63, 3.8) is 0 Å². The van der Waals surface area contributed by atoms with Crippen molar-refractivity contribution in [2.75, 3.05) is 0 Å². The van der Waals surface area contributed by atoms with Crippen molar-refractivity contribution in [3.05, 3.63) is 36.5 Å². The molecule has 0 aliphatic heterocycles. The number of benzene rings is 1. The molecule has 0 saturated carbocycles. The molecule has 108 valence electrons. The highest BCUT2D eigenvalue weighted by molar-refractivity contribution is 5.58. The van der Waals surface area contributed by atoms with Gasteiger partial charge in [0.1, 0.15) is 5.69 Å². The minimum atomic E-state index is -0.471. The molecular weight excluding hydrogens is 268 g/mol. The lowest BCUT2D eigenvalue weighted by Crippen LogP contribution is -2.16. The van der Waals surface area contributed by atoms with Gasteiger partial charge in [-0.15, -0.1) is 0 Å². The van der Waals surface area contributed by atoms with E-state index < -0.39 is 6.10 Å². The van der Waals surface area contributed by atoms with Gasteiger partial charge < -0.3 is 5.11 Å². The molecular formula is C14H16N6O. The lowest BCUT2D eigenvalue weighted by atomic mass is 10.2. The van der Waals surface area contributed by atoms with Gasteiger partial charge in [-0.1, -0.05) is 37.3 Å². The molecule has 21 heavy (non-hydrogen) atoms. The third-order valence-electron chi connectivity index (χ3n) is 3.20. The zero-order chi connectivity index (χ0) is 14.7. The molecule has 3 rings (SSSR count). The Bertz CT molecular complexity index is 692. The predicted molar refractivity (Wildman–Crippen MR) is 77.1 cm³/mol. The van der Waals surface area contributed by atoms with Gasteiger partial charge in [-0.25, -0.2) is 9.67 Å². The van der Waals surface area contributed by atoms with E-state index in [9.17, 15) is 5.11 Å². The van der Waals surface area contributed by atoms with Crippen molar-refractivity contribution in [3.8, 4) is 22.9 Å². The van der Waals surface area contributed by atoms with Crippen LogP contribution in [0.1, 0.15) is 13.3 Å². The summed E-state index contributed by atoms with van der Waals surface area (Å²) in [6.07, 6.45) is 1.77. The van der Waals surface area contributed by atoms with E-state index in [4.69, 9.17) is 0 Å². The number of nitrogens with zero attached hydrogens (tertiary/aromatic N) is 5. The van der Waals surface area contributed by atoms with Gasteiger partial charge in [0.15, 0.2) is 11.6 Å². The van der Waals surface area contributed by atoms with Crippen LogP contribution in [0, 0.1) is 0 Å². The van der Waals surface area contributed by atoms with E-state index in [-0.39, 0.29) is 0 Å². The van der Waals surface area contributed by atoms with Gasteiger partial charge in [0.05, 0.1) is 18.8 Å². The molecule has 0 radical (unpaired) electrons. The summed E-state index contributed by atoms with van der Waals surface area (Å²) >= 11 is 0. The number of H-pyrrole nitrogens is 1. The Kier molecular flexibility index (Phi) is 3.74. The summed E-state index contributed by atoms with van der Waals surface area (Å²) in [6, 6.07) is 9.71. The highest BCUT2D eigenvalue weighted by atomic mass is 16.3. The number of hydrogen-bond donors (Lipinski definition) is 2. The zero-order valence-corrected chi connectivity index (χ0v) is 11.6. The molecule has 0 spiro atoms. The fourth-order valence-corrected chi connectivity index (χ4v) is 2.01. The van der Waals surface area contributed by atoms with Crippen molar-refractivity contribution in [1.82, 2.24) is 30.2 Å². The Hall–Kier alpha value is -2.54. The third-order valence-corrected chi connectivity index (χ3v) is 3.20. The number of aromatic amines is 1. The highest BCUT2D eigenvalue weighted by Crippen LogP contribution is 2.20. The molecule has 0 aliphatic carbocycles. The minimum Gasteiger partial charge on any atom is -0.391 e. The van der Waals surface area contributed by atoms with Gasteiger partial charge in [-0.2, -0.15) is 20.5 Å². The van der Waals surface area contributed by atoms with Gasteiger partial charge in [-0.05, 0) is 6.42 Å². The molecule has 7 heteroatoms. The van der Waals surface area contributed by atoms with Crippen molar-refractivity contribution in [2.45, 2.75) is 26.0 Å². The highest BCUT2D eigenvalue weighted by Gasteiger charge is 2.17. The molecule has 1 atom stereocenters. The fourth-order valence-electron chi connectivity index (χ4n) is 2.01. The van der Waals surface area contributed by atoms with Crippen LogP contribution in [0.25, 0.3) is 22.9 Å². The van der Waals surface area contributed by atoms with Crippen molar-refractivity contribution in [2.24, 2.45) is 0 Å². The van der Waals surface area contributed by atoms with Crippen LogP contribution in [0.5, 0.6) is 0 Å². The first-order valence-electron chi connectivity index (χ1n) is 6.82. The molecule has 0 aliphatic rings. The summed E-state index contributed by atoms with van der Waals surface area (Å²) in [4.78, 5) is 4.53. The van der Waals surface area contributed by atoms with Crippen LogP contribution in [0.3, 0.4) is 0 Å². The number of rotatable bonds is 5. The Morgan fingerprint density at radius 1 is 1.29 bits per heavy atom. The van der Waals surface area contributed by atoms with Crippen LogP contribution in [-0.4, -0.2) is 41.4 Å². The van der Waals surface area contributed by atoms with E-state index in [0.717, 1.165) is 5.56 Å². The van der Waals surface area contributed by atoms with E-state index in [2.05, 4.69) is 25.5 Å². The molecule has 3 aromatic rings. The minimum absolute atomic E-state index is 0.374. The molecule has 2 aromatic heterocycles. The second-order valence-corrected chi connectivity index (χ2v) is 4.72. The van der Waals surface area contributed by atoms with Gasteiger partial charge in [0, 0.05) is 5.56 Å². The molecule has 0 fully saturated rings. The van der Waals surface area contributed by atoms with Gasteiger partial charge in [0.2, 0.25) is 0 Å². The van der Waals surface area contributed by atoms with E-state index in [1.165, 1.54) is 0 Å². The average molecular weight is 284 g/mol. The first-order chi connectivity index (χ1) is 10.3. The topological polar surface area (TPSA) is 92.5 Å². The summed E-state index contributed by atoms with van der Waals surface area (Å²) in [6.45, 7) is 2.30.